The third kappa shape index (κ3) is 2.87. The molecule has 7 heteroatoms. The maximum absolute atomic E-state index is 12.1. The Labute approximate surface area is 129 Å². The van der Waals surface area contributed by atoms with Crippen molar-refractivity contribution < 1.29 is 9.59 Å². The number of carbonyl (C=O) groups excluding carboxylic acids is 2. The molecule has 0 aromatic carbocycles. The summed E-state index contributed by atoms with van der Waals surface area (Å²) in [6.07, 6.45) is 0. The number of halogens is 1. The Morgan fingerprint density at radius 2 is 1.85 bits per heavy atom. The zero-order chi connectivity index (χ0) is 14.9. The monoisotopic (exact) mass is 328 g/mol. The topological polar surface area (TPSA) is 58.2 Å². The number of amides is 2. The van der Waals surface area contributed by atoms with Gasteiger partial charge in [-0.3, -0.25) is 9.59 Å². The highest BCUT2D eigenvalue weighted by molar-refractivity contribution is 7.18. The van der Waals surface area contributed by atoms with Crippen LogP contribution in [0.3, 0.4) is 0 Å². The van der Waals surface area contributed by atoms with Crippen molar-refractivity contribution in [2.75, 3.05) is 12.4 Å². The predicted molar refractivity (Wildman–Crippen MR) is 84.5 cm³/mol. The van der Waals surface area contributed by atoms with Gasteiger partial charge in [0.15, 0.2) is 0 Å². The first-order chi connectivity index (χ1) is 9.43. The Morgan fingerprint density at radius 3 is 2.40 bits per heavy atom. The van der Waals surface area contributed by atoms with Gasteiger partial charge in [-0.1, -0.05) is 11.6 Å². The summed E-state index contributed by atoms with van der Waals surface area (Å²) >= 11 is 8.41. The van der Waals surface area contributed by atoms with Crippen LogP contribution in [0, 0.1) is 13.8 Å². The van der Waals surface area contributed by atoms with Crippen molar-refractivity contribution in [3.8, 4) is 0 Å². The van der Waals surface area contributed by atoms with E-state index in [0.29, 0.717) is 19.8 Å². The van der Waals surface area contributed by atoms with Gasteiger partial charge in [0.25, 0.3) is 11.8 Å². The largest absolute Gasteiger partial charge is 0.355 e. The van der Waals surface area contributed by atoms with E-state index in [-0.39, 0.29) is 11.8 Å². The van der Waals surface area contributed by atoms with Crippen molar-refractivity contribution >= 4 is 51.1 Å². The van der Waals surface area contributed by atoms with Crippen LogP contribution in [0.4, 0.5) is 5.00 Å². The fourth-order valence-electron chi connectivity index (χ4n) is 1.71. The van der Waals surface area contributed by atoms with Crippen LogP contribution in [0.2, 0.25) is 4.34 Å². The van der Waals surface area contributed by atoms with Crippen molar-refractivity contribution in [2.45, 2.75) is 13.8 Å². The quantitative estimate of drug-likeness (QED) is 0.902. The minimum Gasteiger partial charge on any atom is -0.355 e. The molecule has 2 N–H and O–H groups in total. The molecule has 0 radical (unpaired) electrons. The minimum absolute atomic E-state index is 0.202. The molecule has 0 spiro atoms. The summed E-state index contributed by atoms with van der Waals surface area (Å²) in [5.41, 5.74) is 1.40. The van der Waals surface area contributed by atoms with E-state index >= 15 is 0 Å². The molecule has 0 bridgehead atoms. The number of nitrogens with one attached hydrogen (secondary N) is 2. The second kappa shape index (κ2) is 5.95. The molecule has 0 saturated carbocycles. The average molecular weight is 329 g/mol. The highest BCUT2D eigenvalue weighted by atomic mass is 35.5. The van der Waals surface area contributed by atoms with Gasteiger partial charge in [0.05, 0.1) is 14.8 Å². The maximum atomic E-state index is 12.1. The summed E-state index contributed by atoms with van der Waals surface area (Å²) in [6.45, 7) is 3.79. The van der Waals surface area contributed by atoms with E-state index in [1.165, 1.54) is 22.7 Å². The molecule has 0 unspecified atom stereocenters. The molecule has 0 aliphatic rings. The Hall–Kier alpha value is -1.37. The molecule has 20 heavy (non-hydrogen) atoms. The number of hydrogen-bond donors (Lipinski definition) is 2. The van der Waals surface area contributed by atoms with Crippen molar-refractivity contribution in [3.63, 3.8) is 0 Å². The van der Waals surface area contributed by atoms with E-state index in [1.807, 2.05) is 13.8 Å². The van der Waals surface area contributed by atoms with E-state index in [9.17, 15) is 9.59 Å². The van der Waals surface area contributed by atoms with Crippen LogP contribution in [0.15, 0.2) is 12.1 Å². The Balaban J connectivity index is 2.32. The van der Waals surface area contributed by atoms with E-state index < -0.39 is 0 Å². The van der Waals surface area contributed by atoms with Gasteiger partial charge in [0.2, 0.25) is 0 Å². The Kier molecular flexibility index (Phi) is 4.47. The zero-order valence-corrected chi connectivity index (χ0v) is 13.6. The standard InChI is InChI=1S/C13H13ClN2O2S2/c1-6-7(2)19-13(10(6)12(18)15-3)16-11(17)8-4-5-9(14)20-8/h4-5H,1-3H3,(H,15,18)(H,16,17). The lowest BCUT2D eigenvalue weighted by Gasteiger charge is -2.05. The molecule has 2 aromatic rings. The molecule has 0 saturated heterocycles. The van der Waals surface area contributed by atoms with Crippen LogP contribution in [0.25, 0.3) is 0 Å². The van der Waals surface area contributed by atoms with E-state index in [2.05, 4.69) is 10.6 Å². The molecule has 2 amide bonds. The van der Waals surface area contributed by atoms with E-state index in [0.717, 1.165) is 10.4 Å². The lowest BCUT2D eigenvalue weighted by molar-refractivity contribution is 0.0963. The second-order valence-electron chi connectivity index (χ2n) is 4.12. The zero-order valence-electron chi connectivity index (χ0n) is 11.2. The molecule has 0 aliphatic heterocycles. The Morgan fingerprint density at radius 1 is 1.15 bits per heavy atom. The first-order valence-electron chi connectivity index (χ1n) is 5.82. The summed E-state index contributed by atoms with van der Waals surface area (Å²) in [6, 6.07) is 3.33. The van der Waals surface area contributed by atoms with Gasteiger partial charge in [0.1, 0.15) is 5.00 Å². The van der Waals surface area contributed by atoms with Crippen molar-refractivity contribution in [3.05, 3.63) is 37.4 Å². The molecular weight excluding hydrogens is 316 g/mol. The molecular formula is C13H13ClN2O2S2. The number of aryl methyl sites for hydroxylation is 1. The van der Waals surface area contributed by atoms with Crippen LogP contribution in [0.1, 0.15) is 30.5 Å². The van der Waals surface area contributed by atoms with Crippen LogP contribution < -0.4 is 10.6 Å². The van der Waals surface area contributed by atoms with Gasteiger partial charge in [-0.25, -0.2) is 0 Å². The fourth-order valence-corrected chi connectivity index (χ4v) is 3.71. The van der Waals surface area contributed by atoms with Crippen molar-refractivity contribution in [1.29, 1.82) is 0 Å². The summed E-state index contributed by atoms with van der Waals surface area (Å²) in [5.74, 6) is -0.459. The second-order valence-corrected chi connectivity index (χ2v) is 7.06. The van der Waals surface area contributed by atoms with Gasteiger partial charge in [-0.15, -0.1) is 22.7 Å². The molecule has 2 heterocycles. The summed E-state index contributed by atoms with van der Waals surface area (Å²) in [5, 5.41) is 5.94. The first-order valence-corrected chi connectivity index (χ1v) is 7.84. The third-order valence-corrected chi connectivity index (χ3v) is 5.22. The highest BCUT2D eigenvalue weighted by Gasteiger charge is 2.21. The molecule has 0 atom stereocenters. The SMILES string of the molecule is CNC(=O)c1c(NC(=O)c2ccc(Cl)s2)sc(C)c1C. The lowest BCUT2D eigenvalue weighted by atomic mass is 10.1. The van der Waals surface area contributed by atoms with Gasteiger partial charge < -0.3 is 10.6 Å². The number of hydrogen-bond acceptors (Lipinski definition) is 4. The highest BCUT2D eigenvalue weighted by Crippen LogP contribution is 2.33. The van der Waals surface area contributed by atoms with Crippen LogP contribution in [0.5, 0.6) is 0 Å². The van der Waals surface area contributed by atoms with Crippen LogP contribution in [-0.4, -0.2) is 18.9 Å². The smallest absolute Gasteiger partial charge is 0.266 e. The number of carbonyl (C=O) groups is 2. The molecule has 2 aromatic heterocycles. The van der Waals surface area contributed by atoms with Gasteiger partial charge >= 0.3 is 0 Å². The number of thiophene rings is 2. The van der Waals surface area contributed by atoms with E-state index in [1.54, 1.807) is 19.2 Å². The van der Waals surface area contributed by atoms with Gasteiger partial charge in [-0.2, -0.15) is 0 Å². The summed E-state index contributed by atoms with van der Waals surface area (Å²) in [4.78, 5) is 25.6. The van der Waals surface area contributed by atoms with Crippen LogP contribution in [-0.2, 0) is 0 Å². The van der Waals surface area contributed by atoms with Crippen molar-refractivity contribution in [2.24, 2.45) is 0 Å². The predicted octanol–water partition coefficient (Wildman–Crippen LogP) is 3.69. The summed E-state index contributed by atoms with van der Waals surface area (Å²) < 4.78 is 0.556. The molecule has 0 aliphatic carbocycles. The fraction of sp³-hybridized carbons (Fsp3) is 0.231. The molecule has 0 fully saturated rings. The average Bonchev–Trinajstić information content (AvgIpc) is 2.94. The number of anilines is 1. The Bertz CT molecular complexity index is 676. The van der Waals surface area contributed by atoms with Gasteiger partial charge in [0, 0.05) is 11.9 Å². The van der Waals surface area contributed by atoms with Gasteiger partial charge in [-0.05, 0) is 31.5 Å². The van der Waals surface area contributed by atoms with Crippen molar-refractivity contribution in [1.82, 2.24) is 5.32 Å². The third-order valence-electron chi connectivity index (χ3n) is 2.86. The maximum Gasteiger partial charge on any atom is 0.266 e. The number of rotatable bonds is 3. The summed E-state index contributed by atoms with van der Waals surface area (Å²) in [7, 11) is 1.57. The minimum atomic E-state index is -0.256. The molecule has 106 valence electrons. The van der Waals surface area contributed by atoms with E-state index in [4.69, 9.17) is 11.6 Å². The lowest BCUT2D eigenvalue weighted by Crippen LogP contribution is -2.20. The first kappa shape index (κ1) is 15.0. The molecule has 2 rings (SSSR count). The molecule has 4 nitrogen and oxygen atoms in total. The van der Waals surface area contributed by atoms with Crippen LogP contribution >= 0.6 is 34.3 Å². The normalized spacial score (nSPS) is 10.4.